The predicted octanol–water partition coefficient (Wildman–Crippen LogP) is 3.27. The second kappa shape index (κ2) is 6.07. The fourth-order valence-electron chi connectivity index (χ4n) is 1.66. The Morgan fingerprint density at radius 3 is 2.48 bits per heavy atom. The van der Waals surface area contributed by atoms with Crippen molar-refractivity contribution in [3.8, 4) is 6.07 Å². The molecule has 0 bridgehead atoms. The standard InChI is InChI=1S/C14H11N3O3S/c1-8-7-21-12(13(18)19)11(8)17-14(20)16-10-4-2-9(6-15)3-5-10/h2-5,7H,1H3,(H,18,19)(H2,16,17,20). The number of aryl methyl sites for hydroxylation is 1. The number of rotatable bonds is 3. The maximum atomic E-state index is 11.9. The van der Waals surface area contributed by atoms with Crippen LogP contribution < -0.4 is 10.6 Å². The molecule has 2 aromatic rings. The Morgan fingerprint density at radius 1 is 1.24 bits per heavy atom. The number of aromatic carboxylic acids is 1. The first-order valence-electron chi connectivity index (χ1n) is 5.91. The molecule has 0 spiro atoms. The van der Waals surface area contributed by atoms with Gasteiger partial charge in [0.15, 0.2) is 0 Å². The van der Waals surface area contributed by atoms with Crippen LogP contribution in [-0.2, 0) is 0 Å². The van der Waals surface area contributed by atoms with Gasteiger partial charge in [-0.05, 0) is 42.1 Å². The Bertz CT molecular complexity index is 729. The molecule has 0 saturated carbocycles. The first kappa shape index (κ1) is 14.6. The van der Waals surface area contributed by atoms with Gasteiger partial charge in [-0.15, -0.1) is 11.3 Å². The van der Waals surface area contributed by atoms with Gasteiger partial charge in [0.05, 0.1) is 17.3 Å². The molecule has 0 saturated heterocycles. The summed E-state index contributed by atoms with van der Waals surface area (Å²) in [7, 11) is 0. The summed E-state index contributed by atoms with van der Waals surface area (Å²) in [4.78, 5) is 23.0. The van der Waals surface area contributed by atoms with Crippen LogP contribution in [0.15, 0.2) is 29.6 Å². The summed E-state index contributed by atoms with van der Waals surface area (Å²) in [5.41, 5.74) is 1.98. The number of benzene rings is 1. The molecule has 0 unspecified atom stereocenters. The molecule has 7 heteroatoms. The molecule has 6 nitrogen and oxygen atoms in total. The molecule has 1 aromatic carbocycles. The monoisotopic (exact) mass is 301 g/mol. The summed E-state index contributed by atoms with van der Waals surface area (Å²) in [6.07, 6.45) is 0. The topological polar surface area (TPSA) is 102 Å². The molecule has 21 heavy (non-hydrogen) atoms. The molecule has 0 aliphatic carbocycles. The summed E-state index contributed by atoms with van der Waals surface area (Å²) in [5.74, 6) is -1.08. The minimum Gasteiger partial charge on any atom is -0.477 e. The highest BCUT2D eigenvalue weighted by Crippen LogP contribution is 2.27. The molecule has 0 aliphatic rings. The normalized spacial score (nSPS) is 9.71. The van der Waals surface area contributed by atoms with Crippen molar-refractivity contribution in [2.24, 2.45) is 0 Å². The van der Waals surface area contributed by atoms with Crippen molar-refractivity contribution in [1.82, 2.24) is 0 Å². The molecular formula is C14H11N3O3S. The minimum absolute atomic E-state index is 0.0856. The van der Waals surface area contributed by atoms with Crippen molar-refractivity contribution < 1.29 is 14.7 Å². The number of amides is 2. The zero-order chi connectivity index (χ0) is 15.4. The van der Waals surface area contributed by atoms with Gasteiger partial charge < -0.3 is 15.7 Å². The van der Waals surface area contributed by atoms with E-state index in [0.29, 0.717) is 22.5 Å². The van der Waals surface area contributed by atoms with Gasteiger partial charge in [-0.1, -0.05) is 0 Å². The number of carboxylic acids is 1. The summed E-state index contributed by atoms with van der Waals surface area (Å²) in [5, 5.41) is 24.5. The molecule has 0 aliphatic heterocycles. The number of anilines is 2. The van der Waals surface area contributed by atoms with E-state index in [1.54, 1.807) is 36.6 Å². The summed E-state index contributed by atoms with van der Waals surface area (Å²) < 4.78 is 0. The van der Waals surface area contributed by atoms with E-state index >= 15 is 0 Å². The van der Waals surface area contributed by atoms with Crippen LogP contribution in [0, 0.1) is 18.3 Å². The van der Waals surface area contributed by atoms with E-state index in [1.165, 1.54) is 0 Å². The number of hydrogen-bond acceptors (Lipinski definition) is 4. The summed E-state index contributed by atoms with van der Waals surface area (Å²) in [6, 6.07) is 7.78. The second-order valence-electron chi connectivity index (χ2n) is 4.20. The SMILES string of the molecule is Cc1csc(C(=O)O)c1NC(=O)Nc1ccc(C#N)cc1. The van der Waals surface area contributed by atoms with Crippen molar-refractivity contribution >= 4 is 34.7 Å². The molecule has 2 amide bonds. The third kappa shape index (κ3) is 3.38. The fourth-order valence-corrected chi connectivity index (χ4v) is 2.50. The van der Waals surface area contributed by atoms with Gasteiger partial charge in [0.25, 0.3) is 0 Å². The summed E-state index contributed by atoms with van der Waals surface area (Å²) >= 11 is 1.06. The molecule has 1 aromatic heterocycles. The lowest BCUT2D eigenvalue weighted by Crippen LogP contribution is -2.20. The Labute approximate surface area is 124 Å². The Hall–Kier alpha value is -2.85. The van der Waals surface area contributed by atoms with E-state index in [1.807, 2.05) is 6.07 Å². The fraction of sp³-hybridized carbons (Fsp3) is 0.0714. The van der Waals surface area contributed by atoms with Crippen LogP contribution in [0.4, 0.5) is 16.2 Å². The largest absolute Gasteiger partial charge is 0.477 e. The number of nitriles is 1. The molecule has 0 radical (unpaired) electrons. The Balaban J connectivity index is 2.10. The Morgan fingerprint density at radius 2 is 1.90 bits per heavy atom. The van der Waals surface area contributed by atoms with Crippen LogP contribution in [0.2, 0.25) is 0 Å². The first-order valence-corrected chi connectivity index (χ1v) is 6.78. The smallest absolute Gasteiger partial charge is 0.348 e. The average Bonchev–Trinajstić information content (AvgIpc) is 2.81. The predicted molar refractivity (Wildman–Crippen MR) is 79.8 cm³/mol. The van der Waals surface area contributed by atoms with Gasteiger partial charge in [0.2, 0.25) is 0 Å². The van der Waals surface area contributed by atoms with E-state index in [2.05, 4.69) is 10.6 Å². The van der Waals surface area contributed by atoms with E-state index in [0.717, 1.165) is 11.3 Å². The molecule has 106 valence electrons. The zero-order valence-electron chi connectivity index (χ0n) is 11.0. The van der Waals surface area contributed by atoms with Crippen molar-refractivity contribution in [3.63, 3.8) is 0 Å². The third-order valence-electron chi connectivity index (χ3n) is 2.68. The number of carboxylic acid groups (broad SMARTS) is 1. The van der Waals surface area contributed by atoms with E-state index in [-0.39, 0.29) is 4.88 Å². The number of urea groups is 1. The Kier molecular flexibility index (Phi) is 4.21. The third-order valence-corrected chi connectivity index (χ3v) is 3.77. The van der Waals surface area contributed by atoms with Gasteiger partial charge in [0, 0.05) is 5.69 Å². The molecule has 3 N–H and O–H groups in total. The van der Waals surface area contributed by atoms with Gasteiger partial charge in [0.1, 0.15) is 4.88 Å². The number of thiophene rings is 1. The van der Waals surface area contributed by atoms with Crippen LogP contribution in [0.25, 0.3) is 0 Å². The lowest BCUT2D eigenvalue weighted by atomic mass is 10.2. The van der Waals surface area contributed by atoms with Gasteiger partial charge in [-0.25, -0.2) is 9.59 Å². The van der Waals surface area contributed by atoms with Crippen molar-refractivity contribution in [2.75, 3.05) is 10.6 Å². The van der Waals surface area contributed by atoms with Crippen LogP contribution in [0.3, 0.4) is 0 Å². The summed E-state index contributed by atoms with van der Waals surface area (Å²) in [6.45, 7) is 1.72. The molecule has 0 atom stereocenters. The zero-order valence-corrected chi connectivity index (χ0v) is 11.8. The average molecular weight is 301 g/mol. The number of carbonyl (C=O) groups is 2. The molecule has 2 rings (SSSR count). The number of nitrogens with zero attached hydrogens (tertiary/aromatic N) is 1. The van der Waals surface area contributed by atoms with Crippen molar-refractivity contribution in [2.45, 2.75) is 6.92 Å². The van der Waals surface area contributed by atoms with E-state index in [4.69, 9.17) is 10.4 Å². The highest BCUT2D eigenvalue weighted by molar-refractivity contribution is 7.12. The van der Waals surface area contributed by atoms with Crippen LogP contribution >= 0.6 is 11.3 Å². The minimum atomic E-state index is -1.08. The van der Waals surface area contributed by atoms with Crippen LogP contribution in [0.5, 0.6) is 0 Å². The number of hydrogen-bond donors (Lipinski definition) is 3. The van der Waals surface area contributed by atoms with Crippen LogP contribution in [0.1, 0.15) is 20.8 Å². The molecule has 0 fully saturated rings. The van der Waals surface area contributed by atoms with Gasteiger partial charge in [-0.3, -0.25) is 0 Å². The second-order valence-corrected chi connectivity index (χ2v) is 5.08. The van der Waals surface area contributed by atoms with Gasteiger partial charge in [-0.2, -0.15) is 5.26 Å². The maximum absolute atomic E-state index is 11.9. The van der Waals surface area contributed by atoms with Crippen LogP contribution in [-0.4, -0.2) is 17.1 Å². The van der Waals surface area contributed by atoms with Crippen molar-refractivity contribution in [3.05, 3.63) is 45.6 Å². The maximum Gasteiger partial charge on any atom is 0.348 e. The van der Waals surface area contributed by atoms with E-state index < -0.39 is 12.0 Å². The highest BCUT2D eigenvalue weighted by Gasteiger charge is 2.17. The molecule has 1 heterocycles. The molecular weight excluding hydrogens is 290 g/mol. The lowest BCUT2D eigenvalue weighted by Gasteiger charge is -2.08. The quantitative estimate of drug-likeness (QED) is 0.809. The highest BCUT2D eigenvalue weighted by atomic mass is 32.1. The van der Waals surface area contributed by atoms with Gasteiger partial charge >= 0.3 is 12.0 Å². The van der Waals surface area contributed by atoms with E-state index in [9.17, 15) is 9.59 Å². The number of nitrogens with one attached hydrogen (secondary N) is 2. The lowest BCUT2D eigenvalue weighted by molar-refractivity contribution is 0.0703. The van der Waals surface area contributed by atoms with Crippen molar-refractivity contribution in [1.29, 1.82) is 5.26 Å². The first-order chi connectivity index (χ1) is 10.0. The number of carbonyl (C=O) groups excluding carboxylic acids is 1.